The van der Waals surface area contributed by atoms with Gasteiger partial charge in [0.2, 0.25) is 0 Å². The number of hydrogen-bond donors (Lipinski definition) is 2. The second-order valence-corrected chi connectivity index (χ2v) is 6.31. The van der Waals surface area contributed by atoms with Crippen molar-refractivity contribution in [3.63, 3.8) is 0 Å². The Morgan fingerprint density at radius 1 is 1.26 bits per heavy atom. The second-order valence-electron chi connectivity index (χ2n) is 6.31. The molecule has 1 aromatic rings. The summed E-state index contributed by atoms with van der Waals surface area (Å²) < 4.78 is 5.13. The van der Waals surface area contributed by atoms with Crippen molar-refractivity contribution in [2.45, 2.75) is 51.9 Å². The topological polar surface area (TPSA) is 87.1 Å². The summed E-state index contributed by atoms with van der Waals surface area (Å²) in [5, 5.41) is 17.4. The smallest absolute Gasteiger partial charge is 0.411 e. The van der Waals surface area contributed by atoms with Gasteiger partial charge < -0.3 is 14.9 Å². The lowest BCUT2D eigenvalue weighted by Crippen LogP contribution is -2.43. The van der Waals surface area contributed by atoms with E-state index in [4.69, 9.17) is 14.9 Å². The zero-order valence-corrected chi connectivity index (χ0v) is 13.9. The highest BCUT2D eigenvalue weighted by Gasteiger charge is 2.36. The van der Waals surface area contributed by atoms with Crippen LogP contribution in [0, 0.1) is 0 Å². The van der Waals surface area contributed by atoms with Crippen molar-refractivity contribution in [2.75, 3.05) is 6.54 Å². The number of carboxylic acids is 1. The van der Waals surface area contributed by atoms with Crippen LogP contribution in [0.25, 0.3) is 0 Å². The lowest BCUT2D eigenvalue weighted by molar-refractivity contribution is -0.142. The number of benzene rings is 1. The third-order valence-electron chi connectivity index (χ3n) is 3.19. The molecule has 6 nitrogen and oxygen atoms in total. The summed E-state index contributed by atoms with van der Waals surface area (Å²) >= 11 is 0. The first kappa shape index (κ1) is 19.0. The van der Waals surface area contributed by atoms with E-state index in [-0.39, 0.29) is 6.61 Å². The number of rotatable bonds is 2. The van der Waals surface area contributed by atoms with Gasteiger partial charge in [0.05, 0.1) is 6.61 Å². The number of nitrogens with zero attached hydrogens (tertiary/aromatic N) is 1. The highest BCUT2D eigenvalue weighted by Crippen LogP contribution is 2.20. The largest absolute Gasteiger partial charge is 0.480 e. The maximum absolute atomic E-state index is 11.6. The molecule has 2 N–H and O–H groups in total. The van der Waals surface area contributed by atoms with Crippen LogP contribution in [0.1, 0.15) is 39.2 Å². The molecule has 1 atom stereocenters. The van der Waals surface area contributed by atoms with Gasteiger partial charge in [-0.1, -0.05) is 30.3 Å². The fraction of sp³-hybridized carbons (Fsp3) is 0.529. The number of aliphatic carboxylic acids is 1. The second kappa shape index (κ2) is 8.53. The van der Waals surface area contributed by atoms with Crippen molar-refractivity contribution in [3.05, 3.63) is 35.9 Å². The molecule has 128 valence electrons. The van der Waals surface area contributed by atoms with Gasteiger partial charge in [0.25, 0.3) is 0 Å². The van der Waals surface area contributed by atoms with E-state index in [2.05, 4.69) is 0 Å². The SMILES string of the molecule is CC(C)(C)OC(=O)N1CCCC1C(=O)O.OCc1ccccc1. The molecule has 1 aliphatic rings. The third-order valence-corrected chi connectivity index (χ3v) is 3.19. The van der Waals surface area contributed by atoms with E-state index in [9.17, 15) is 9.59 Å². The molecule has 0 spiro atoms. The van der Waals surface area contributed by atoms with Crippen LogP contribution in [0.15, 0.2) is 30.3 Å². The fourth-order valence-electron chi connectivity index (χ4n) is 2.15. The number of hydrogen-bond acceptors (Lipinski definition) is 4. The number of carbonyl (C=O) groups is 2. The summed E-state index contributed by atoms with van der Waals surface area (Å²) in [7, 11) is 0. The zero-order valence-electron chi connectivity index (χ0n) is 13.9. The van der Waals surface area contributed by atoms with Crippen LogP contribution >= 0.6 is 0 Å². The van der Waals surface area contributed by atoms with Crippen molar-refractivity contribution < 1.29 is 24.5 Å². The average Bonchev–Trinajstić information content (AvgIpc) is 2.97. The first-order chi connectivity index (χ1) is 10.7. The quantitative estimate of drug-likeness (QED) is 0.873. The maximum Gasteiger partial charge on any atom is 0.411 e. The number of carbonyl (C=O) groups excluding carboxylic acids is 1. The highest BCUT2D eigenvalue weighted by atomic mass is 16.6. The summed E-state index contributed by atoms with van der Waals surface area (Å²) in [6.07, 6.45) is 0.692. The van der Waals surface area contributed by atoms with Crippen LogP contribution in [0.4, 0.5) is 4.79 Å². The summed E-state index contributed by atoms with van der Waals surface area (Å²) in [5.74, 6) is -0.960. The molecule has 0 saturated carbocycles. The minimum Gasteiger partial charge on any atom is -0.480 e. The Hall–Kier alpha value is -2.08. The van der Waals surface area contributed by atoms with Crippen molar-refractivity contribution in [1.82, 2.24) is 4.90 Å². The van der Waals surface area contributed by atoms with Gasteiger partial charge in [-0.3, -0.25) is 4.90 Å². The number of amides is 1. The number of carboxylic acid groups (broad SMARTS) is 1. The molecule has 0 aliphatic carbocycles. The Morgan fingerprint density at radius 3 is 2.30 bits per heavy atom. The Morgan fingerprint density at radius 2 is 1.87 bits per heavy atom. The number of aliphatic hydroxyl groups is 1. The monoisotopic (exact) mass is 323 g/mol. The lowest BCUT2D eigenvalue weighted by atomic mass is 10.2. The molecule has 1 unspecified atom stereocenters. The molecule has 0 aromatic heterocycles. The Bertz CT molecular complexity index is 509. The predicted molar refractivity (Wildman–Crippen MR) is 86.0 cm³/mol. The van der Waals surface area contributed by atoms with E-state index < -0.39 is 23.7 Å². The van der Waals surface area contributed by atoms with Gasteiger partial charge in [0.15, 0.2) is 0 Å². The maximum atomic E-state index is 11.6. The normalized spacial score (nSPS) is 17.2. The number of ether oxygens (including phenoxy) is 1. The van der Waals surface area contributed by atoms with E-state index in [1.54, 1.807) is 20.8 Å². The van der Waals surface area contributed by atoms with Gasteiger partial charge >= 0.3 is 12.1 Å². The van der Waals surface area contributed by atoms with E-state index in [0.717, 1.165) is 12.0 Å². The number of likely N-dealkylation sites (tertiary alicyclic amines) is 1. The molecule has 1 amide bonds. The predicted octanol–water partition coefficient (Wildman–Crippen LogP) is 2.65. The van der Waals surface area contributed by atoms with Gasteiger partial charge in [-0.2, -0.15) is 0 Å². The zero-order chi connectivity index (χ0) is 17.5. The van der Waals surface area contributed by atoms with Crippen LogP contribution in [0.3, 0.4) is 0 Å². The highest BCUT2D eigenvalue weighted by molar-refractivity contribution is 5.80. The van der Waals surface area contributed by atoms with Crippen LogP contribution < -0.4 is 0 Å². The van der Waals surface area contributed by atoms with E-state index in [1.807, 2.05) is 30.3 Å². The van der Waals surface area contributed by atoms with Crippen molar-refractivity contribution in [3.8, 4) is 0 Å². The molecule has 1 heterocycles. The molecule has 1 aliphatic heterocycles. The van der Waals surface area contributed by atoms with Gasteiger partial charge in [-0.05, 0) is 39.2 Å². The van der Waals surface area contributed by atoms with Crippen molar-refractivity contribution in [1.29, 1.82) is 0 Å². The van der Waals surface area contributed by atoms with Gasteiger partial charge in [-0.15, -0.1) is 0 Å². The molecule has 2 rings (SSSR count). The van der Waals surface area contributed by atoms with Crippen molar-refractivity contribution >= 4 is 12.1 Å². The molecule has 1 saturated heterocycles. The lowest BCUT2D eigenvalue weighted by Gasteiger charge is -2.26. The van der Waals surface area contributed by atoms with E-state index in [1.165, 1.54) is 4.90 Å². The Kier molecular flexibility index (Phi) is 7.03. The van der Waals surface area contributed by atoms with Gasteiger partial charge in [0, 0.05) is 6.54 Å². The third kappa shape index (κ3) is 6.69. The summed E-state index contributed by atoms with van der Waals surface area (Å²) in [6, 6.07) is 8.80. The first-order valence-corrected chi connectivity index (χ1v) is 7.62. The minimum absolute atomic E-state index is 0.140. The van der Waals surface area contributed by atoms with Crippen LogP contribution in [-0.2, 0) is 16.1 Å². The molecule has 0 bridgehead atoms. The molecule has 1 fully saturated rings. The van der Waals surface area contributed by atoms with E-state index >= 15 is 0 Å². The van der Waals surface area contributed by atoms with Crippen LogP contribution in [-0.4, -0.2) is 45.4 Å². The Labute approximate surface area is 136 Å². The van der Waals surface area contributed by atoms with Gasteiger partial charge in [-0.25, -0.2) is 9.59 Å². The molecule has 1 aromatic carbocycles. The summed E-state index contributed by atoms with van der Waals surface area (Å²) in [6.45, 7) is 5.89. The average molecular weight is 323 g/mol. The molecular formula is C17H25NO5. The van der Waals surface area contributed by atoms with Gasteiger partial charge in [0.1, 0.15) is 11.6 Å². The van der Waals surface area contributed by atoms with Crippen molar-refractivity contribution in [2.24, 2.45) is 0 Å². The summed E-state index contributed by atoms with van der Waals surface area (Å²) in [5.41, 5.74) is 0.385. The molecule has 6 heteroatoms. The molecule has 23 heavy (non-hydrogen) atoms. The summed E-state index contributed by atoms with van der Waals surface area (Å²) in [4.78, 5) is 23.7. The molecule has 0 radical (unpaired) electrons. The number of aliphatic hydroxyl groups excluding tert-OH is 1. The van der Waals surface area contributed by atoms with Crippen LogP contribution in [0.2, 0.25) is 0 Å². The minimum atomic E-state index is -0.960. The fourth-order valence-corrected chi connectivity index (χ4v) is 2.15. The van der Waals surface area contributed by atoms with E-state index in [0.29, 0.717) is 13.0 Å². The first-order valence-electron chi connectivity index (χ1n) is 7.62. The van der Waals surface area contributed by atoms with Crippen LogP contribution in [0.5, 0.6) is 0 Å². The standard InChI is InChI=1S/C10H17NO4.C7H8O/c1-10(2,3)15-9(14)11-6-4-5-7(11)8(12)13;8-6-7-4-2-1-3-5-7/h7H,4-6H2,1-3H3,(H,12,13);1-5,8H,6H2. The molecular weight excluding hydrogens is 298 g/mol. The Balaban J connectivity index is 0.000000277.